The Hall–Kier alpha value is -2.62. The lowest BCUT2D eigenvalue weighted by atomic mass is 10.0. The third-order valence-corrected chi connectivity index (χ3v) is 5.31. The molecule has 1 fully saturated rings. The summed E-state index contributed by atoms with van der Waals surface area (Å²) in [5.41, 5.74) is 4.90. The van der Waals surface area contributed by atoms with Crippen LogP contribution in [0.3, 0.4) is 0 Å². The zero-order chi connectivity index (χ0) is 19.2. The van der Waals surface area contributed by atoms with Crippen molar-refractivity contribution in [3.05, 3.63) is 95.0 Å². The van der Waals surface area contributed by atoms with E-state index in [9.17, 15) is 0 Å². The average Bonchev–Trinajstić information content (AvgIpc) is 2.76. The van der Waals surface area contributed by atoms with E-state index in [0.717, 1.165) is 43.3 Å². The maximum Gasteiger partial charge on any atom is 0.0542 e. The first-order valence-corrected chi connectivity index (χ1v) is 10.1. The number of hydrazone groups is 1. The first-order chi connectivity index (χ1) is 13.8. The van der Waals surface area contributed by atoms with E-state index in [1.54, 1.807) is 0 Å². The van der Waals surface area contributed by atoms with Gasteiger partial charge in [-0.15, -0.1) is 0 Å². The van der Waals surface area contributed by atoms with Crippen molar-refractivity contribution < 1.29 is 0 Å². The number of hydrogen-bond donors (Lipinski definition) is 0. The zero-order valence-electron chi connectivity index (χ0n) is 15.8. The molecule has 4 heteroatoms. The Bertz CT molecular complexity index is 897. The summed E-state index contributed by atoms with van der Waals surface area (Å²) < 4.78 is 0. The van der Waals surface area contributed by atoms with Gasteiger partial charge in [0.2, 0.25) is 0 Å². The van der Waals surface area contributed by atoms with Crippen molar-refractivity contribution in [1.29, 1.82) is 0 Å². The highest BCUT2D eigenvalue weighted by Crippen LogP contribution is 2.19. The van der Waals surface area contributed by atoms with E-state index in [4.69, 9.17) is 11.6 Å². The molecule has 0 spiro atoms. The number of hydrogen-bond acceptors (Lipinski definition) is 3. The Morgan fingerprint density at radius 2 is 1.39 bits per heavy atom. The van der Waals surface area contributed by atoms with Gasteiger partial charge in [-0.25, -0.2) is 0 Å². The second-order valence-electron chi connectivity index (χ2n) is 7.09. The molecule has 0 bridgehead atoms. The van der Waals surface area contributed by atoms with Crippen molar-refractivity contribution in [3.8, 4) is 11.1 Å². The van der Waals surface area contributed by atoms with Gasteiger partial charge in [-0.3, -0.25) is 9.91 Å². The fraction of sp³-hybridized carbons (Fsp3) is 0.208. The molecule has 1 aliphatic heterocycles. The standard InChI is InChI=1S/C24H24ClN3/c25-24-12-8-21(9-13-24)19-27-14-16-28(17-15-27)26-18-20-6-10-23(11-7-20)22-4-2-1-3-5-22/h1-13,18H,14-17,19H2/b26-18+. The molecule has 0 atom stereocenters. The molecule has 1 saturated heterocycles. The fourth-order valence-electron chi connectivity index (χ4n) is 3.40. The van der Waals surface area contributed by atoms with Crippen molar-refractivity contribution >= 4 is 17.8 Å². The van der Waals surface area contributed by atoms with Crippen molar-refractivity contribution in [1.82, 2.24) is 9.91 Å². The minimum Gasteiger partial charge on any atom is -0.295 e. The van der Waals surface area contributed by atoms with Gasteiger partial charge in [-0.2, -0.15) is 5.10 Å². The molecule has 0 radical (unpaired) electrons. The lowest BCUT2D eigenvalue weighted by molar-refractivity contribution is 0.131. The maximum absolute atomic E-state index is 5.96. The summed E-state index contributed by atoms with van der Waals surface area (Å²) in [6, 6.07) is 27.1. The quantitative estimate of drug-likeness (QED) is 0.561. The number of rotatable bonds is 5. The second kappa shape index (κ2) is 9.05. The van der Waals surface area contributed by atoms with Crippen LogP contribution in [0.2, 0.25) is 5.02 Å². The summed E-state index contributed by atoms with van der Waals surface area (Å²) >= 11 is 5.96. The molecule has 3 aromatic rings. The van der Waals surface area contributed by atoms with E-state index in [2.05, 4.69) is 75.7 Å². The number of benzene rings is 3. The smallest absolute Gasteiger partial charge is 0.0542 e. The number of halogens is 1. The first kappa shape index (κ1) is 18.7. The van der Waals surface area contributed by atoms with Gasteiger partial charge in [0.25, 0.3) is 0 Å². The highest BCUT2D eigenvalue weighted by atomic mass is 35.5. The predicted octanol–water partition coefficient (Wildman–Crippen LogP) is 5.16. The number of piperazine rings is 1. The molecule has 28 heavy (non-hydrogen) atoms. The van der Waals surface area contributed by atoms with Crippen LogP contribution in [0.15, 0.2) is 84.0 Å². The van der Waals surface area contributed by atoms with Crippen LogP contribution >= 0.6 is 11.6 Å². The lowest BCUT2D eigenvalue weighted by Crippen LogP contribution is -2.43. The molecule has 0 aromatic heterocycles. The van der Waals surface area contributed by atoms with Gasteiger partial charge in [0, 0.05) is 37.7 Å². The molecule has 1 heterocycles. The SMILES string of the molecule is Clc1ccc(CN2CCN(/N=C/c3ccc(-c4ccccc4)cc3)CC2)cc1. The molecule has 0 aliphatic carbocycles. The Balaban J connectivity index is 1.28. The van der Waals surface area contributed by atoms with Gasteiger partial charge in [0.1, 0.15) is 0 Å². The Kier molecular flexibility index (Phi) is 6.05. The van der Waals surface area contributed by atoms with E-state index in [0.29, 0.717) is 0 Å². The van der Waals surface area contributed by atoms with Gasteiger partial charge in [0.05, 0.1) is 6.21 Å². The van der Waals surface area contributed by atoms with Crippen LogP contribution in [0.1, 0.15) is 11.1 Å². The average molecular weight is 390 g/mol. The van der Waals surface area contributed by atoms with Crippen molar-refractivity contribution in [2.75, 3.05) is 26.2 Å². The molecule has 0 N–H and O–H groups in total. The lowest BCUT2D eigenvalue weighted by Gasteiger charge is -2.33. The topological polar surface area (TPSA) is 18.8 Å². The van der Waals surface area contributed by atoms with Crippen LogP contribution in [0.5, 0.6) is 0 Å². The summed E-state index contributed by atoms with van der Waals surface area (Å²) in [5.74, 6) is 0. The monoisotopic (exact) mass is 389 g/mol. The highest BCUT2D eigenvalue weighted by Gasteiger charge is 2.15. The van der Waals surface area contributed by atoms with E-state index in [1.165, 1.54) is 16.7 Å². The van der Waals surface area contributed by atoms with Gasteiger partial charge in [-0.05, 0) is 34.4 Å². The van der Waals surface area contributed by atoms with E-state index < -0.39 is 0 Å². The van der Waals surface area contributed by atoms with Gasteiger partial charge < -0.3 is 0 Å². The van der Waals surface area contributed by atoms with E-state index in [-0.39, 0.29) is 0 Å². The van der Waals surface area contributed by atoms with Crippen LogP contribution in [0, 0.1) is 0 Å². The van der Waals surface area contributed by atoms with Gasteiger partial charge in [0.15, 0.2) is 0 Å². The Morgan fingerprint density at radius 3 is 2.07 bits per heavy atom. The summed E-state index contributed by atoms with van der Waals surface area (Å²) in [6.07, 6.45) is 1.96. The van der Waals surface area contributed by atoms with Crippen LogP contribution in [0.25, 0.3) is 11.1 Å². The molecule has 0 saturated carbocycles. The molecule has 3 aromatic carbocycles. The summed E-state index contributed by atoms with van der Waals surface area (Å²) in [5, 5.41) is 7.62. The van der Waals surface area contributed by atoms with Crippen molar-refractivity contribution in [3.63, 3.8) is 0 Å². The third-order valence-electron chi connectivity index (χ3n) is 5.06. The first-order valence-electron chi connectivity index (χ1n) is 9.67. The number of nitrogens with zero attached hydrogens (tertiary/aromatic N) is 3. The minimum atomic E-state index is 0.791. The summed E-state index contributed by atoms with van der Waals surface area (Å²) in [6.45, 7) is 4.91. The summed E-state index contributed by atoms with van der Waals surface area (Å²) in [7, 11) is 0. The summed E-state index contributed by atoms with van der Waals surface area (Å²) in [4.78, 5) is 2.46. The second-order valence-corrected chi connectivity index (χ2v) is 7.53. The third kappa shape index (κ3) is 5.00. The van der Waals surface area contributed by atoms with Crippen molar-refractivity contribution in [2.24, 2.45) is 5.10 Å². The molecule has 3 nitrogen and oxygen atoms in total. The fourth-order valence-corrected chi connectivity index (χ4v) is 3.53. The van der Waals surface area contributed by atoms with E-state index >= 15 is 0 Å². The van der Waals surface area contributed by atoms with Crippen LogP contribution in [-0.2, 0) is 6.54 Å². The zero-order valence-corrected chi connectivity index (χ0v) is 16.6. The molecular formula is C24H24ClN3. The maximum atomic E-state index is 5.96. The highest BCUT2D eigenvalue weighted by molar-refractivity contribution is 6.30. The van der Waals surface area contributed by atoms with Gasteiger partial charge >= 0.3 is 0 Å². The Labute approximate surface area is 171 Å². The van der Waals surface area contributed by atoms with Crippen molar-refractivity contribution in [2.45, 2.75) is 6.54 Å². The molecule has 0 amide bonds. The van der Waals surface area contributed by atoms with Gasteiger partial charge in [-0.1, -0.05) is 78.3 Å². The van der Waals surface area contributed by atoms with Crippen LogP contribution in [0.4, 0.5) is 0 Å². The molecule has 142 valence electrons. The Morgan fingerprint density at radius 1 is 0.750 bits per heavy atom. The normalized spacial score (nSPS) is 15.2. The molecular weight excluding hydrogens is 366 g/mol. The predicted molar refractivity (Wildman–Crippen MR) is 118 cm³/mol. The minimum absolute atomic E-state index is 0.791. The molecule has 1 aliphatic rings. The molecule has 0 unspecified atom stereocenters. The largest absolute Gasteiger partial charge is 0.295 e. The van der Waals surface area contributed by atoms with Crippen LogP contribution < -0.4 is 0 Å². The van der Waals surface area contributed by atoms with Crippen LogP contribution in [-0.4, -0.2) is 42.3 Å². The van der Waals surface area contributed by atoms with E-state index in [1.807, 2.05) is 24.4 Å². The molecule has 4 rings (SSSR count).